The molecule has 2 rings (SSSR count). The fraction of sp³-hybridized carbons (Fsp3) is 0.643. The van der Waals surface area contributed by atoms with Crippen molar-refractivity contribution in [1.82, 2.24) is 10.9 Å². The maximum Gasteiger partial charge on any atom is 0.426 e. The summed E-state index contributed by atoms with van der Waals surface area (Å²) < 4.78 is 4.99. The molecule has 4 atom stereocenters. The zero-order chi connectivity index (χ0) is 15.8. The maximum atomic E-state index is 12.1. The van der Waals surface area contributed by atoms with Gasteiger partial charge in [0.25, 0.3) is 0 Å². The minimum atomic E-state index is -0.982. The van der Waals surface area contributed by atoms with Gasteiger partial charge in [-0.2, -0.15) is 0 Å². The number of hydrogen-bond acceptors (Lipinski definition) is 4. The van der Waals surface area contributed by atoms with Crippen LogP contribution >= 0.6 is 0 Å². The lowest BCUT2D eigenvalue weighted by atomic mass is 9.82. The first kappa shape index (κ1) is 15.3. The number of aliphatic carboxylic acids is 1. The summed E-state index contributed by atoms with van der Waals surface area (Å²) in [6.07, 6.45) is 3.62. The minimum Gasteiger partial charge on any atom is -0.481 e. The number of carbonyl (C=O) groups is 3. The van der Waals surface area contributed by atoms with Gasteiger partial charge < -0.3 is 9.84 Å². The number of carbonyl (C=O) groups excluding carboxylic acids is 2. The Morgan fingerprint density at radius 1 is 1.10 bits per heavy atom. The van der Waals surface area contributed by atoms with Crippen molar-refractivity contribution in [2.75, 3.05) is 0 Å². The molecule has 21 heavy (non-hydrogen) atoms. The smallest absolute Gasteiger partial charge is 0.426 e. The van der Waals surface area contributed by atoms with Crippen LogP contribution in [0.15, 0.2) is 12.2 Å². The number of hydrogen-bond donors (Lipinski definition) is 3. The van der Waals surface area contributed by atoms with Crippen molar-refractivity contribution in [3.8, 4) is 0 Å². The lowest BCUT2D eigenvalue weighted by Gasteiger charge is -2.24. The van der Waals surface area contributed by atoms with Crippen molar-refractivity contribution in [1.29, 1.82) is 0 Å². The molecule has 3 N–H and O–H groups in total. The molecule has 1 saturated carbocycles. The molecule has 0 spiro atoms. The van der Waals surface area contributed by atoms with Crippen LogP contribution in [0.2, 0.25) is 0 Å². The fourth-order valence-electron chi connectivity index (χ4n) is 3.02. The van der Waals surface area contributed by atoms with Crippen LogP contribution in [-0.2, 0) is 14.3 Å². The summed E-state index contributed by atoms with van der Waals surface area (Å²) in [6.45, 7) is 5.11. The van der Waals surface area contributed by atoms with Crippen molar-refractivity contribution in [3.05, 3.63) is 12.2 Å². The Kier molecular flexibility index (Phi) is 3.93. The van der Waals surface area contributed by atoms with Crippen LogP contribution in [0.4, 0.5) is 4.79 Å². The molecule has 0 unspecified atom stereocenters. The average molecular weight is 296 g/mol. The third-order valence-electron chi connectivity index (χ3n) is 3.73. The number of hydrazine groups is 1. The van der Waals surface area contributed by atoms with Gasteiger partial charge in [-0.3, -0.25) is 15.0 Å². The lowest BCUT2D eigenvalue weighted by molar-refractivity contribution is -0.148. The number of rotatable bonds is 2. The van der Waals surface area contributed by atoms with Crippen molar-refractivity contribution in [2.45, 2.75) is 32.8 Å². The monoisotopic (exact) mass is 296 g/mol. The van der Waals surface area contributed by atoms with E-state index < -0.39 is 35.4 Å². The normalized spacial score (nSPS) is 30.0. The average Bonchev–Trinajstić information content (AvgIpc) is 2.93. The zero-order valence-electron chi connectivity index (χ0n) is 12.3. The van der Waals surface area contributed by atoms with Crippen molar-refractivity contribution >= 4 is 18.0 Å². The van der Waals surface area contributed by atoms with Gasteiger partial charge in [-0.1, -0.05) is 12.2 Å². The summed E-state index contributed by atoms with van der Waals surface area (Å²) in [7, 11) is 0. The Morgan fingerprint density at radius 3 is 2.19 bits per heavy atom. The Balaban J connectivity index is 1.93. The molecule has 2 aliphatic rings. The first-order chi connectivity index (χ1) is 9.69. The van der Waals surface area contributed by atoms with Gasteiger partial charge in [0.2, 0.25) is 5.91 Å². The zero-order valence-corrected chi connectivity index (χ0v) is 12.3. The summed E-state index contributed by atoms with van der Waals surface area (Å²) >= 11 is 0. The van der Waals surface area contributed by atoms with Crippen molar-refractivity contribution in [2.24, 2.45) is 23.7 Å². The lowest BCUT2D eigenvalue weighted by Crippen LogP contribution is -2.49. The Morgan fingerprint density at radius 2 is 1.67 bits per heavy atom. The van der Waals surface area contributed by atoms with E-state index in [-0.39, 0.29) is 11.8 Å². The predicted octanol–water partition coefficient (Wildman–Crippen LogP) is 1.07. The molecular weight excluding hydrogens is 276 g/mol. The van der Waals surface area contributed by atoms with E-state index in [1.165, 1.54) is 0 Å². The van der Waals surface area contributed by atoms with Crippen LogP contribution in [0.25, 0.3) is 0 Å². The quantitative estimate of drug-likeness (QED) is 0.522. The fourth-order valence-corrected chi connectivity index (χ4v) is 3.02. The van der Waals surface area contributed by atoms with Crippen molar-refractivity contribution < 1.29 is 24.2 Å². The van der Waals surface area contributed by atoms with Crippen LogP contribution < -0.4 is 10.9 Å². The van der Waals surface area contributed by atoms with E-state index in [1.54, 1.807) is 20.8 Å². The van der Waals surface area contributed by atoms with Gasteiger partial charge in [-0.25, -0.2) is 10.2 Å². The van der Waals surface area contributed by atoms with E-state index in [2.05, 4.69) is 10.9 Å². The van der Waals surface area contributed by atoms with Gasteiger partial charge in [0.1, 0.15) is 5.60 Å². The summed E-state index contributed by atoms with van der Waals surface area (Å²) in [5.41, 5.74) is 3.74. The molecule has 0 aromatic carbocycles. The van der Waals surface area contributed by atoms with Crippen LogP contribution in [0, 0.1) is 23.7 Å². The van der Waals surface area contributed by atoms with Gasteiger partial charge in [-0.05, 0) is 39.0 Å². The molecule has 0 radical (unpaired) electrons. The number of fused-ring (bicyclic) bond motifs is 2. The molecule has 0 saturated heterocycles. The Labute approximate surface area is 122 Å². The number of ether oxygens (including phenoxy) is 1. The van der Waals surface area contributed by atoms with Crippen molar-refractivity contribution in [3.63, 3.8) is 0 Å². The Hall–Kier alpha value is -2.05. The SMILES string of the molecule is CC(C)(C)OC(=O)NNC(=O)[C@H]1[C@@H](C(=O)O)[C@H]2C=C[C@H]1C2. The van der Waals surface area contributed by atoms with Gasteiger partial charge >= 0.3 is 12.1 Å². The highest BCUT2D eigenvalue weighted by Crippen LogP contribution is 2.48. The number of amides is 2. The summed E-state index contributed by atoms with van der Waals surface area (Å²) in [5.74, 6) is -3.07. The summed E-state index contributed by atoms with van der Waals surface area (Å²) in [6, 6.07) is 0. The first-order valence-corrected chi connectivity index (χ1v) is 6.89. The van der Waals surface area contributed by atoms with Gasteiger partial charge in [0.05, 0.1) is 11.8 Å². The van der Waals surface area contributed by atoms with Gasteiger partial charge in [0.15, 0.2) is 0 Å². The predicted molar refractivity (Wildman–Crippen MR) is 72.9 cm³/mol. The topological polar surface area (TPSA) is 105 Å². The van der Waals surface area contributed by atoms with E-state index in [0.29, 0.717) is 6.42 Å². The van der Waals surface area contributed by atoms with Gasteiger partial charge in [-0.15, -0.1) is 0 Å². The van der Waals surface area contributed by atoms with E-state index in [1.807, 2.05) is 12.2 Å². The molecular formula is C14H20N2O5. The second-order valence-corrected chi connectivity index (χ2v) is 6.45. The van der Waals surface area contributed by atoms with Crippen LogP contribution in [-0.4, -0.2) is 28.7 Å². The molecule has 0 aliphatic heterocycles. The maximum absolute atomic E-state index is 12.1. The number of nitrogens with one attached hydrogen (secondary N) is 2. The van der Waals surface area contributed by atoms with E-state index in [4.69, 9.17) is 4.74 Å². The third-order valence-corrected chi connectivity index (χ3v) is 3.73. The molecule has 7 nitrogen and oxygen atoms in total. The molecule has 2 amide bonds. The number of carboxylic acid groups (broad SMARTS) is 1. The molecule has 0 aromatic heterocycles. The molecule has 0 heterocycles. The number of carboxylic acids is 1. The second kappa shape index (κ2) is 5.38. The highest BCUT2D eigenvalue weighted by Gasteiger charge is 2.51. The molecule has 1 fully saturated rings. The van der Waals surface area contributed by atoms with E-state index in [9.17, 15) is 19.5 Å². The summed E-state index contributed by atoms with van der Waals surface area (Å²) in [5, 5.41) is 9.26. The first-order valence-electron chi connectivity index (χ1n) is 6.89. The number of allylic oxidation sites excluding steroid dienone is 2. The van der Waals surface area contributed by atoms with Crippen LogP contribution in [0.3, 0.4) is 0 Å². The molecule has 7 heteroatoms. The third kappa shape index (κ3) is 3.34. The van der Waals surface area contributed by atoms with Crippen LogP contribution in [0.5, 0.6) is 0 Å². The standard InChI is InChI=1S/C14H20N2O5/c1-14(2,3)21-13(20)16-15-11(17)9-7-4-5-8(6-7)10(9)12(18)19/h4-5,7-10H,6H2,1-3H3,(H,15,17)(H,16,20)(H,18,19)/t7-,8-,9+,10-/m0/s1. The highest BCUT2D eigenvalue weighted by molar-refractivity contribution is 5.87. The largest absolute Gasteiger partial charge is 0.481 e. The van der Waals surface area contributed by atoms with Gasteiger partial charge in [0, 0.05) is 0 Å². The minimum absolute atomic E-state index is 0.0865. The summed E-state index contributed by atoms with van der Waals surface area (Å²) in [4.78, 5) is 34.9. The Bertz CT molecular complexity index is 494. The second-order valence-electron chi connectivity index (χ2n) is 6.45. The molecule has 2 bridgehead atoms. The molecule has 116 valence electrons. The van der Waals surface area contributed by atoms with E-state index in [0.717, 1.165) is 0 Å². The highest BCUT2D eigenvalue weighted by atomic mass is 16.6. The van der Waals surface area contributed by atoms with Crippen LogP contribution in [0.1, 0.15) is 27.2 Å². The molecule has 2 aliphatic carbocycles. The van der Waals surface area contributed by atoms with E-state index >= 15 is 0 Å². The molecule has 0 aromatic rings.